The summed E-state index contributed by atoms with van der Waals surface area (Å²) in [5.41, 5.74) is 2.93. The molecule has 0 aliphatic rings. The van der Waals surface area contributed by atoms with Gasteiger partial charge in [0.15, 0.2) is 6.29 Å². The molecule has 1 rings (SSSR count). The summed E-state index contributed by atoms with van der Waals surface area (Å²) in [7, 11) is 5.31. The minimum Gasteiger partial charge on any atom is -0.355 e. The summed E-state index contributed by atoms with van der Waals surface area (Å²) in [5.74, 6) is 0. The number of likely N-dealkylation sites (N-methyl/N-ethyl adjacent to an activating group) is 1. The van der Waals surface area contributed by atoms with Gasteiger partial charge in [0.05, 0.1) is 11.2 Å². The van der Waals surface area contributed by atoms with E-state index >= 15 is 0 Å². The maximum absolute atomic E-state index is 5.11. The Kier molecular flexibility index (Phi) is 5.03. The van der Waals surface area contributed by atoms with Crippen molar-refractivity contribution in [2.75, 3.05) is 27.8 Å². The zero-order valence-electron chi connectivity index (χ0n) is 8.77. The molecule has 0 spiro atoms. The van der Waals surface area contributed by atoms with Gasteiger partial charge in [-0.15, -0.1) is 11.3 Å². The van der Waals surface area contributed by atoms with E-state index in [1.54, 1.807) is 25.6 Å². The fraction of sp³-hybridized carbons (Fsp3) is 0.667. The third-order valence-corrected chi connectivity index (χ3v) is 2.54. The van der Waals surface area contributed by atoms with Crippen molar-refractivity contribution in [1.82, 2.24) is 9.88 Å². The zero-order chi connectivity index (χ0) is 10.4. The normalized spacial score (nSPS) is 11.5. The van der Waals surface area contributed by atoms with Crippen LogP contribution >= 0.6 is 11.3 Å². The van der Waals surface area contributed by atoms with E-state index in [0.29, 0.717) is 0 Å². The van der Waals surface area contributed by atoms with E-state index < -0.39 is 0 Å². The summed E-state index contributed by atoms with van der Waals surface area (Å²) >= 11 is 1.61. The van der Waals surface area contributed by atoms with Crippen molar-refractivity contribution in [1.29, 1.82) is 0 Å². The van der Waals surface area contributed by atoms with Gasteiger partial charge in [0.2, 0.25) is 0 Å². The summed E-state index contributed by atoms with van der Waals surface area (Å²) in [6, 6.07) is 0. The smallest absolute Gasteiger partial charge is 0.169 e. The van der Waals surface area contributed by atoms with Crippen LogP contribution in [0, 0.1) is 0 Å². The number of rotatable bonds is 6. The standard InChI is InChI=1S/C9H16N2O2S/c1-11(5-9(12-2)13-3)4-8-6-14-7-10-8/h6-7,9H,4-5H2,1-3H3. The van der Waals surface area contributed by atoms with Crippen molar-refractivity contribution in [3.8, 4) is 0 Å². The second-order valence-corrected chi connectivity index (χ2v) is 3.80. The van der Waals surface area contributed by atoms with Crippen molar-refractivity contribution in [2.45, 2.75) is 12.8 Å². The summed E-state index contributed by atoms with van der Waals surface area (Å²) in [6.07, 6.45) is -0.168. The van der Waals surface area contributed by atoms with Gasteiger partial charge in [0.25, 0.3) is 0 Å². The van der Waals surface area contributed by atoms with Gasteiger partial charge >= 0.3 is 0 Å². The van der Waals surface area contributed by atoms with E-state index in [9.17, 15) is 0 Å². The molecule has 0 radical (unpaired) electrons. The maximum atomic E-state index is 5.11. The van der Waals surface area contributed by atoms with Crippen LogP contribution in [0.4, 0.5) is 0 Å². The first-order valence-corrected chi connectivity index (χ1v) is 5.31. The average Bonchev–Trinajstić information content (AvgIpc) is 2.66. The highest BCUT2D eigenvalue weighted by molar-refractivity contribution is 7.07. The Bertz CT molecular complexity index is 237. The average molecular weight is 216 g/mol. The molecule has 5 heteroatoms. The molecule has 0 N–H and O–H groups in total. The lowest BCUT2D eigenvalue weighted by Crippen LogP contribution is -2.31. The van der Waals surface area contributed by atoms with Crippen LogP contribution in [0.2, 0.25) is 0 Å². The van der Waals surface area contributed by atoms with Gasteiger partial charge in [-0.25, -0.2) is 4.98 Å². The van der Waals surface area contributed by atoms with Crippen molar-refractivity contribution < 1.29 is 9.47 Å². The van der Waals surface area contributed by atoms with E-state index in [4.69, 9.17) is 9.47 Å². The topological polar surface area (TPSA) is 34.6 Å². The highest BCUT2D eigenvalue weighted by Crippen LogP contribution is 2.05. The van der Waals surface area contributed by atoms with Gasteiger partial charge in [-0.1, -0.05) is 0 Å². The van der Waals surface area contributed by atoms with Gasteiger partial charge in [-0.2, -0.15) is 0 Å². The number of aromatic nitrogens is 1. The molecule has 1 heterocycles. The van der Waals surface area contributed by atoms with Crippen LogP contribution in [0.15, 0.2) is 10.9 Å². The molecule has 0 bridgehead atoms. The Morgan fingerprint density at radius 3 is 2.71 bits per heavy atom. The SMILES string of the molecule is COC(CN(C)Cc1cscn1)OC. The number of methoxy groups -OCH3 is 2. The van der Waals surface area contributed by atoms with E-state index in [1.165, 1.54) is 0 Å². The highest BCUT2D eigenvalue weighted by atomic mass is 32.1. The van der Waals surface area contributed by atoms with Crippen LogP contribution in [0.1, 0.15) is 5.69 Å². The second kappa shape index (κ2) is 6.08. The fourth-order valence-electron chi connectivity index (χ4n) is 1.16. The van der Waals surface area contributed by atoms with Crippen molar-refractivity contribution >= 4 is 11.3 Å². The highest BCUT2D eigenvalue weighted by Gasteiger charge is 2.09. The van der Waals surface area contributed by atoms with Crippen LogP contribution in [-0.4, -0.2) is 44.0 Å². The Hall–Kier alpha value is -0.490. The molecule has 0 saturated heterocycles. The minimum atomic E-state index is -0.168. The zero-order valence-corrected chi connectivity index (χ0v) is 9.58. The molecule has 0 saturated carbocycles. The number of thiazole rings is 1. The number of nitrogens with zero attached hydrogens (tertiary/aromatic N) is 2. The molecule has 14 heavy (non-hydrogen) atoms. The Morgan fingerprint density at radius 1 is 1.50 bits per heavy atom. The molecule has 0 atom stereocenters. The molecule has 80 valence electrons. The summed E-state index contributed by atoms with van der Waals surface area (Å²) in [6.45, 7) is 1.57. The Balaban J connectivity index is 2.31. The quantitative estimate of drug-likeness (QED) is 0.669. The molecular formula is C9H16N2O2S. The summed E-state index contributed by atoms with van der Waals surface area (Å²) < 4.78 is 10.2. The first-order valence-electron chi connectivity index (χ1n) is 4.37. The van der Waals surface area contributed by atoms with Crippen LogP contribution in [0.25, 0.3) is 0 Å². The molecule has 1 aromatic heterocycles. The van der Waals surface area contributed by atoms with Crippen LogP contribution in [0.5, 0.6) is 0 Å². The largest absolute Gasteiger partial charge is 0.355 e. The van der Waals surface area contributed by atoms with Crippen LogP contribution < -0.4 is 0 Å². The Morgan fingerprint density at radius 2 is 2.21 bits per heavy atom. The molecule has 0 unspecified atom stereocenters. The van der Waals surface area contributed by atoms with Crippen molar-refractivity contribution in [3.05, 3.63) is 16.6 Å². The number of ether oxygens (including phenoxy) is 2. The predicted molar refractivity (Wildman–Crippen MR) is 56.3 cm³/mol. The van der Waals surface area contributed by atoms with Gasteiger partial charge in [-0.3, -0.25) is 4.90 Å². The lowest BCUT2D eigenvalue weighted by atomic mass is 10.4. The number of hydrogen-bond acceptors (Lipinski definition) is 5. The van der Waals surface area contributed by atoms with Gasteiger partial charge in [0, 0.05) is 32.7 Å². The van der Waals surface area contributed by atoms with Gasteiger partial charge in [-0.05, 0) is 7.05 Å². The Labute approximate surface area is 88.5 Å². The first kappa shape index (κ1) is 11.6. The molecule has 4 nitrogen and oxygen atoms in total. The summed E-state index contributed by atoms with van der Waals surface area (Å²) in [5, 5.41) is 2.05. The van der Waals surface area contributed by atoms with Crippen LogP contribution in [-0.2, 0) is 16.0 Å². The monoisotopic (exact) mass is 216 g/mol. The minimum absolute atomic E-state index is 0.168. The van der Waals surface area contributed by atoms with Gasteiger partial charge < -0.3 is 9.47 Å². The molecule has 0 aliphatic heterocycles. The third kappa shape index (κ3) is 3.71. The molecule has 0 amide bonds. The van der Waals surface area contributed by atoms with E-state index in [2.05, 4.69) is 9.88 Å². The summed E-state index contributed by atoms with van der Waals surface area (Å²) in [4.78, 5) is 6.33. The lowest BCUT2D eigenvalue weighted by Gasteiger charge is -2.20. The maximum Gasteiger partial charge on any atom is 0.169 e. The van der Waals surface area contributed by atoms with Crippen molar-refractivity contribution in [3.63, 3.8) is 0 Å². The predicted octanol–water partition coefficient (Wildman–Crippen LogP) is 1.19. The second-order valence-electron chi connectivity index (χ2n) is 3.08. The first-order chi connectivity index (χ1) is 6.76. The van der Waals surface area contributed by atoms with E-state index in [1.807, 2.05) is 17.9 Å². The van der Waals surface area contributed by atoms with E-state index in [0.717, 1.165) is 18.8 Å². The van der Waals surface area contributed by atoms with E-state index in [-0.39, 0.29) is 6.29 Å². The number of hydrogen-bond donors (Lipinski definition) is 0. The lowest BCUT2D eigenvalue weighted by molar-refractivity contribution is -0.114. The van der Waals surface area contributed by atoms with Crippen molar-refractivity contribution in [2.24, 2.45) is 0 Å². The molecule has 0 aromatic carbocycles. The third-order valence-electron chi connectivity index (χ3n) is 1.90. The molecule has 0 aliphatic carbocycles. The molecule has 1 aromatic rings. The molecule has 0 fully saturated rings. The molecular weight excluding hydrogens is 200 g/mol. The van der Waals surface area contributed by atoms with Gasteiger partial charge in [0.1, 0.15) is 0 Å². The van der Waals surface area contributed by atoms with Crippen LogP contribution in [0.3, 0.4) is 0 Å². The fourth-order valence-corrected chi connectivity index (χ4v) is 1.71.